The second-order valence-electron chi connectivity index (χ2n) is 4.79. The molecule has 0 atom stereocenters. The van der Waals surface area contributed by atoms with E-state index in [9.17, 15) is 13.2 Å². The van der Waals surface area contributed by atoms with Crippen molar-refractivity contribution in [2.45, 2.75) is 39.0 Å². The minimum atomic E-state index is -4.42. The molecule has 0 aliphatic rings. The van der Waals surface area contributed by atoms with E-state index < -0.39 is 11.7 Å². The average Bonchev–Trinajstić information content (AvgIpc) is 2.36. The zero-order valence-electron chi connectivity index (χ0n) is 11.8. The van der Waals surface area contributed by atoms with E-state index in [4.69, 9.17) is 4.74 Å². The average molecular weight is 287 g/mol. The zero-order chi connectivity index (χ0) is 15.2. The van der Waals surface area contributed by atoms with Crippen molar-refractivity contribution >= 4 is 0 Å². The first kappa shape index (κ1) is 16.6. The van der Waals surface area contributed by atoms with Gasteiger partial charge in [-0.2, -0.15) is 13.2 Å². The number of halogens is 3. The smallest absolute Gasteiger partial charge is 0.419 e. The first-order valence-corrected chi connectivity index (χ1v) is 6.51. The van der Waals surface area contributed by atoms with Crippen LogP contribution >= 0.6 is 0 Å². The van der Waals surface area contributed by atoms with Gasteiger partial charge in [0, 0.05) is 12.6 Å². The van der Waals surface area contributed by atoms with Crippen molar-refractivity contribution in [3.05, 3.63) is 42.0 Å². The van der Waals surface area contributed by atoms with Gasteiger partial charge in [0.15, 0.2) is 0 Å². The highest BCUT2D eigenvalue weighted by Gasteiger charge is 2.34. The van der Waals surface area contributed by atoms with E-state index in [-0.39, 0.29) is 18.4 Å². The Morgan fingerprint density at radius 2 is 2.05 bits per heavy atom. The lowest BCUT2D eigenvalue weighted by molar-refractivity contribution is -0.139. The number of nitrogens with one attached hydrogen (secondary N) is 1. The van der Waals surface area contributed by atoms with Crippen LogP contribution in [-0.2, 0) is 12.7 Å². The quantitative estimate of drug-likeness (QED) is 0.600. The van der Waals surface area contributed by atoms with Gasteiger partial charge in [-0.05, 0) is 24.1 Å². The molecule has 0 unspecified atom stereocenters. The fourth-order valence-corrected chi connectivity index (χ4v) is 1.61. The number of hydrogen-bond acceptors (Lipinski definition) is 2. The summed E-state index contributed by atoms with van der Waals surface area (Å²) in [5.41, 5.74) is -0.147. The second kappa shape index (κ2) is 7.33. The summed E-state index contributed by atoms with van der Waals surface area (Å²) in [6.45, 7) is 7.98. The number of rotatable bonds is 7. The molecule has 0 amide bonds. The van der Waals surface area contributed by atoms with Crippen molar-refractivity contribution in [1.82, 2.24) is 5.32 Å². The van der Waals surface area contributed by atoms with Crippen LogP contribution in [0.4, 0.5) is 13.2 Å². The van der Waals surface area contributed by atoms with Gasteiger partial charge in [0.25, 0.3) is 0 Å². The summed E-state index contributed by atoms with van der Waals surface area (Å²) in [4.78, 5) is 0. The molecule has 0 spiro atoms. The molecule has 0 bridgehead atoms. The number of hydrogen-bond donors (Lipinski definition) is 1. The Morgan fingerprint density at radius 3 is 2.60 bits per heavy atom. The molecule has 5 heteroatoms. The van der Waals surface area contributed by atoms with Crippen molar-refractivity contribution in [3.8, 4) is 5.75 Å². The second-order valence-corrected chi connectivity index (χ2v) is 4.79. The summed E-state index contributed by atoms with van der Waals surface area (Å²) in [6.07, 6.45) is -2.31. The molecule has 0 aromatic heterocycles. The fraction of sp³-hybridized carbons (Fsp3) is 0.467. The predicted molar refractivity (Wildman–Crippen MR) is 73.7 cm³/mol. The third-order valence-corrected chi connectivity index (χ3v) is 2.64. The molecule has 0 aliphatic heterocycles. The summed E-state index contributed by atoms with van der Waals surface area (Å²) in [5, 5.41) is 3.09. The van der Waals surface area contributed by atoms with Gasteiger partial charge in [-0.3, -0.25) is 0 Å². The molecular formula is C15H20F3NO. The lowest BCUT2D eigenvalue weighted by atomic mass is 10.1. The zero-order valence-corrected chi connectivity index (χ0v) is 11.8. The Bertz CT molecular complexity index is 441. The molecular weight excluding hydrogens is 267 g/mol. The first-order valence-electron chi connectivity index (χ1n) is 6.51. The number of alkyl halides is 3. The van der Waals surface area contributed by atoms with Crippen LogP contribution in [0.25, 0.3) is 0 Å². The van der Waals surface area contributed by atoms with E-state index >= 15 is 0 Å². The largest absolute Gasteiger partial charge is 0.493 e. The van der Waals surface area contributed by atoms with Crippen LogP contribution < -0.4 is 10.1 Å². The minimum Gasteiger partial charge on any atom is -0.493 e. The molecule has 0 heterocycles. The molecule has 2 nitrogen and oxygen atoms in total. The normalized spacial score (nSPS) is 11.7. The van der Waals surface area contributed by atoms with Gasteiger partial charge in [0.2, 0.25) is 0 Å². The van der Waals surface area contributed by atoms with Crippen molar-refractivity contribution in [3.63, 3.8) is 0 Å². The standard InChI is InChI=1S/C15H20F3NO/c1-4-5-8-20-14-7-6-12(10-19-11(2)3)9-13(14)15(16,17)18/h4,6-7,9,11,19H,1,5,8,10H2,2-3H3. The maximum atomic E-state index is 13.0. The molecule has 0 saturated carbocycles. The Hall–Kier alpha value is -1.49. The molecule has 112 valence electrons. The summed E-state index contributed by atoms with van der Waals surface area (Å²) in [7, 11) is 0. The minimum absolute atomic E-state index is 0.132. The maximum Gasteiger partial charge on any atom is 0.419 e. The van der Waals surface area contributed by atoms with Crippen molar-refractivity contribution in [2.75, 3.05) is 6.61 Å². The van der Waals surface area contributed by atoms with Gasteiger partial charge < -0.3 is 10.1 Å². The fourth-order valence-electron chi connectivity index (χ4n) is 1.61. The SMILES string of the molecule is C=CCCOc1ccc(CNC(C)C)cc1C(F)(F)F. The molecule has 1 aromatic rings. The monoisotopic (exact) mass is 287 g/mol. The molecule has 1 aromatic carbocycles. The summed E-state index contributed by atoms with van der Waals surface area (Å²) < 4.78 is 44.2. The van der Waals surface area contributed by atoms with Crippen molar-refractivity contribution < 1.29 is 17.9 Å². The summed E-state index contributed by atoms with van der Waals surface area (Å²) >= 11 is 0. The molecule has 0 saturated heterocycles. The van der Waals surface area contributed by atoms with Gasteiger partial charge in [0.05, 0.1) is 12.2 Å². The molecule has 20 heavy (non-hydrogen) atoms. The lowest BCUT2D eigenvalue weighted by Gasteiger charge is -2.16. The molecule has 1 rings (SSSR count). The Labute approximate surface area is 117 Å². The number of ether oxygens (including phenoxy) is 1. The van der Waals surface area contributed by atoms with Crippen LogP contribution in [0.15, 0.2) is 30.9 Å². The van der Waals surface area contributed by atoms with Gasteiger partial charge in [-0.25, -0.2) is 0 Å². The summed E-state index contributed by atoms with van der Waals surface area (Å²) in [5.74, 6) is -0.132. The highest BCUT2D eigenvalue weighted by molar-refractivity contribution is 5.39. The van der Waals surface area contributed by atoms with Crippen LogP contribution in [0.1, 0.15) is 31.4 Å². The third-order valence-electron chi connectivity index (χ3n) is 2.64. The Morgan fingerprint density at radius 1 is 1.35 bits per heavy atom. The highest BCUT2D eigenvalue weighted by atomic mass is 19.4. The Kier molecular flexibility index (Phi) is 6.07. The van der Waals surface area contributed by atoms with Crippen LogP contribution in [0.5, 0.6) is 5.75 Å². The van der Waals surface area contributed by atoms with E-state index in [1.165, 1.54) is 6.07 Å². The van der Waals surface area contributed by atoms with E-state index in [0.29, 0.717) is 18.5 Å². The van der Waals surface area contributed by atoms with E-state index in [0.717, 1.165) is 6.07 Å². The molecule has 0 aliphatic carbocycles. The van der Waals surface area contributed by atoms with Gasteiger partial charge in [-0.1, -0.05) is 26.0 Å². The highest BCUT2D eigenvalue weighted by Crippen LogP contribution is 2.36. The van der Waals surface area contributed by atoms with Crippen LogP contribution in [0.3, 0.4) is 0 Å². The van der Waals surface area contributed by atoms with E-state index in [1.807, 2.05) is 13.8 Å². The van der Waals surface area contributed by atoms with Crippen LogP contribution in [0, 0.1) is 0 Å². The molecule has 1 N–H and O–H groups in total. The van der Waals surface area contributed by atoms with E-state index in [1.54, 1.807) is 12.1 Å². The maximum absolute atomic E-state index is 13.0. The molecule has 0 fully saturated rings. The predicted octanol–water partition coefficient (Wildman–Crippen LogP) is 4.16. The summed E-state index contributed by atoms with van der Waals surface area (Å²) in [6, 6.07) is 4.38. The third kappa shape index (κ3) is 5.25. The van der Waals surface area contributed by atoms with Gasteiger partial charge in [-0.15, -0.1) is 6.58 Å². The van der Waals surface area contributed by atoms with E-state index in [2.05, 4.69) is 11.9 Å². The van der Waals surface area contributed by atoms with Crippen molar-refractivity contribution in [1.29, 1.82) is 0 Å². The lowest BCUT2D eigenvalue weighted by Crippen LogP contribution is -2.22. The van der Waals surface area contributed by atoms with Crippen LogP contribution in [0.2, 0.25) is 0 Å². The Balaban J connectivity index is 2.92. The van der Waals surface area contributed by atoms with Crippen LogP contribution in [-0.4, -0.2) is 12.6 Å². The number of benzene rings is 1. The van der Waals surface area contributed by atoms with Gasteiger partial charge >= 0.3 is 6.18 Å². The first-order chi connectivity index (χ1) is 9.34. The van der Waals surface area contributed by atoms with Gasteiger partial charge in [0.1, 0.15) is 5.75 Å². The molecule has 0 radical (unpaired) electrons. The van der Waals surface area contributed by atoms with Crippen molar-refractivity contribution in [2.24, 2.45) is 0 Å². The topological polar surface area (TPSA) is 21.3 Å².